The Morgan fingerprint density at radius 1 is 0.684 bits per heavy atom. The predicted molar refractivity (Wildman–Crippen MR) is 136 cm³/mol. The average Bonchev–Trinajstić information content (AvgIpc) is 2.90. The van der Waals surface area contributed by atoms with Gasteiger partial charge in [0.2, 0.25) is 0 Å². The summed E-state index contributed by atoms with van der Waals surface area (Å²) in [5.41, 5.74) is 0.695. The number of ether oxygens (including phenoxy) is 4. The first-order chi connectivity index (χ1) is 18.3. The molecule has 0 radical (unpaired) electrons. The number of carbonyl (C=O) groups excluding carboxylic acids is 2. The molecule has 2 atom stereocenters. The maximum atomic E-state index is 12.7. The van der Waals surface area contributed by atoms with E-state index < -0.39 is 35.6 Å². The van der Waals surface area contributed by atoms with Crippen LogP contribution in [0.2, 0.25) is 0 Å². The number of nitrogens with one attached hydrogen (secondary N) is 2. The predicted octanol–water partition coefficient (Wildman–Crippen LogP) is 1.63. The van der Waals surface area contributed by atoms with Crippen molar-refractivity contribution in [2.45, 2.75) is 25.0 Å². The van der Waals surface area contributed by atoms with Gasteiger partial charge in [0.25, 0.3) is 0 Å². The second-order valence-electron chi connectivity index (χ2n) is 8.39. The SMILES string of the molecule is COCCCNC[C@H](OC(=O)C(=O)O[C@@H](CNCCCOC)c1ccc(O)c(O)c1)c1ccc(O)c(O)c1. The Kier molecular flexibility index (Phi) is 13.1. The topological polar surface area (TPSA) is 176 Å². The van der Waals surface area contributed by atoms with Crippen LogP contribution in [0.15, 0.2) is 36.4 Å². The van der Waals surface area contributed by atoms with Gasteiger partial charge in [-0.1, -0.05) is 12.1 Å². The first kappa shape index (κ1) is 30.6. The zero-order valence-electron chi connectivity index (χ0n) is 21.5. The van der Waals surface area contributed by atoms with E-state index >= 15 is 0 Å². The number of carbonyl (C=O) groups is 2. The number of aromatic hydroxyl groups is 4. The molecule has 2 aromatic carbocycles. The number of hydrogen-bond acceptors (Lipinski definition) is 12. The highest BCUT2D eigenvalue weighted by atomic mass is 16.6. The van der Waals surface area contributed by atoms with Gasteiger partial charge >= 0.3 is 11.9 Å². The molecule has 12 nitrogen and oxygen atoms in total. The van der Waals surface area contributed by atoms with E-state index in [4.69, 9.17) is 18.9 Å². The van der Waals surface area contributed by atoms with Crippen molar-refractivity contribution >= 4 is 11.9 Å². The molecule has 0 spiro atoms. The Balaban J connectivity index is 2.12. The standard InChI is InChI=1S/C26H36N2O10/c1-35-11-3-9-27-15-23(17-5-7-19(29)21(31)13-17)37-25(33)26(34)38-24(16-28-10-4-12-36-2)18-6-8-20(30)22(32)14-18/h5-8,13-14,23-24,27-32H,3-4,9-12,15-16H2,1-2H3/t23-,24-/m0/s1. The number of esters is 2. The lowest BCUT2D eigenvalue weighted by Gasteiger charge is -2.21. The highest BCUT2D eigenvalue weighted by molar-refractivity contribution is 6.29. The van der Waals surface area contributed by atoms with Gasteiger partial charge < -0.3 is 50.0 Å². The summed E-state index contributed by atoms with van der Waals surface area (Å²) in [5, 5.41) is 45.2. The lowest BCUT2D eigenvalue weighted by molar-refractivity contribution is -0.174. The van der Waals surface area contributed by atoms with Gasteiger partial charge in [0.05, 0.1) is 0 Å². The van der Waals surface area contributed by atoms with Crippen LogP contribution in [0.25, 0.3) is 0 Å². The maximum Gasteiger partial charge on any atom is 0.418 e. The van der Waals surface area contributed by atoms with Gasteiger partial charge in [0.15, 0.2) is 23.0 Å². The van der Waals surface area contributed by atoms with Gasteiger partial charge in [-0.3, -0.25) is 0 Å². The zero-order chi connectivity index (χ0) is 27.9. The molecule has 2 rings (SSSR count). The molecule has 210 valence electrons. The molecule has 38 heavy (non-hydrogen) atoms. The molecular formula is C26H36N2O10. The van der Waals surface area contributed by atoms with Crippen LogP contribution in [0.5, 0.6) is 23.0 Å². The first-order valence-corrected chi connectivity index (χ1v) is 12.1. The second-order valence-corrected chi connectivity index (χ2v) is 8.39. The Labute approximate surface area is 221 Å². The average molecular weight is 537 g/mol. The summed E-state index contributed by atoms with van der Waals surface area (Å²) in [6.07, 6.45) is -0.572. The van der Waals surface area contributed by atoms with E-state index in [2.05, 4.69) is 10.6 Å². The number of phenols is 4. The minimum atomic E-state index is -1.27. The molecule has 0 unspecified atom stereocenters. The third kappa shape index (κ3) is 10.1. The number of phenolic OH excluding ortho intramolecular Hbond substituents is 4. The molecule has 12 heteroatoms. The van der Waals surface area contributed by atoms with Crippen LogP contribution >= 0.6 is 0 Å². The number of benzene rings is 2. The summed E-state index contributed by atoms with van der Waals surface area (Å²) in [6, 6.07) is 7.89. The lowest BCUT2D eigenvalue weighted by Crippen LogP contribution is -2.32. The monoisotopic (exact) mass is 536 g/mol. The summed E-state index contributed by atoms with van der Waals surface area (Å²) < 4.78 is 20.8. The lowest BCUT2D eigenvalue weighted by atomic mass is 10.1. The third-order valence-electron chi connectivity index (χ3n) is 5.47. The van der Waals surface area contributed by atoms with Crippen molar-refractivity contribution in [1.82, 2.24) is 10.6 Å². The minimum absolute atomic E-state index is 0.114. The van der Waals surface area contributed by atoms with Gasteiger partial charge in [-0.25, -0.2) is 9.59 Å². The molecular weight excluding hydrogens is 500 g/mol. The molecule has 0 bridgehead atoms. The van der Waals surface area contributed by atoms with E-state index in [9.17, 15) is 30.0 Å². The van der Waals surface area contributed by atoms with Crippen molar-refractivity contribution < 1.29 is 49.0 Å². The van der Waals surface area contributed by atoms with E-state index in [1.807, 2.05) is 0 Å². The smallest absolute Gasteiger partial charge is 0.418 e. The van der Waals surface area contributed by atoms with Gasteiger partial charge in [-0.2, -0.15) is 0 Å². The molecule has 0 amide bonds. The van der Waals surface area contributed by atoms with Gasteiger partial charge in [-0.05, 0) is 61.3 Å². The Morgan fingerprint density at radius 3 is 1.42 bits per heavy atom. The van der Waals surface area contributed by atoms with Crippen molar-refractivity contribution in [1.29, 1.82) is 0 Å². The molecule has 6 N–H and O–H groups in total. The molecule has 0 aromatic heterocycles. The van der Waals surface area contributed by atoms with Gasteiger partial charge in [0.1, 0.15) is 12.2 Å². The normalized spacial score (nSPS) is 12.6. The van der Waals surface area contributed by atoms with Crippen LogP contribution in [-0.4, -0.2) is 86.0 Å². The van der Waals surface area contributed by atoms with Gasteiger partial charge in [0, 0.05) is 40.5 Å². The minimum Gasteiger partial charge on any atom is -0.504 e. The van der Waals surface area contributed by atoms with Crippen LogP contribution in [-0.2, 0) is 28.5 Å². The van der Waals surface area contributed by atoms with E-state index in [0.29, 0.717) is 50.3 Å². The van der Waals surface area contributed by atoms with Crippen molar-refractivity contribution in [3.05, 3.63) is 47.5 Å². The largest absolute Gasteiger partial charge is 0.504 e. The molecule has 0 aliphatic heterocycles. The second kappa shape index (κ2) is 16.3. The molecule has 2 aromatic rings. The van der Waals surface area contributed by atoms with Crippen molar-refractivity contribution in [3.63, 3.8) is 0 Å². The molecule has 0 saturated heterocycles. The molecule has 0 fully saturated rings. The van der Waals surface area contributed by atoms with Crippen LogP contribution in [0.1, 0.15) is 36.2 Å². The van der Waals surface area contributed by atoms with Crippen LogP contribution < -0.4 is 10.6 Å². The Bertz CT molecular complexity index is 952. The Morgan fingerprint density at radius 2 is 1.08 bits per heavy atom. The quantitative estimate of drug-likeness (QED) is 0.0792. The Hall–Kier alpha value is -3.58. The van der Waals surface area contributed by atoms with E-state index in [1.165, 1.54) is 36.4 Å². The van der Waals surface area contributed by atoms with Crippen molar-refractivity contribution in [2.75, 3.05) is 53.6 Å². The molecule has 0 heterocycles. The van der Waals surface area contributed by atoms with Crippen LogP contribution in [0.4, 0.5) is 0 Å². The third-order valence-corrected chi connectivity index (χ3v) is 5.47. The number of rotatable bonds is 16. The van der Waals surface area contributed by atoms with Gasteiger partial charge in [-0.15, -0.1) is 0 Å². The first-order valence-electron chi connectivity index (χ1n) is 12.1. The highest BCUT2D eigenvalue weighted by Gasteiger charge is 2.28. The summed E-state index contributed by atoms with van der Waals surface area (Å²) in [5.74, 6) is -4.04. The fraction of sp³-hybridized carbons (Fsp3) is 0.462. The van der Waals surface area contributed by atoms with Crippen LogP contribution in [0, 0.1) is 0 Å². The van der Waals surface area contributed by atoms with Crippen molar-refractivity contribution in [2.24, 2.45) is 0 Å². The summed E-state index contributed by atoms with van der Waals surface area (Å²) >= 11 is 0. The summed E-state index contributed by atoms with van der Waals surface area (Å²) in [7, 11) is 3.16. The number of methoxy groups -OCH3 is 2. The molecule has 0 aliphatic rings. The maximum absolute atomic E-state index is 12.7. The van der Waals surface area contributed by atoms with Crippen molar-refractivity contribution in [3.8, 4) is 23.0 Å². The fourth-order valence-corrected chi connectivity index (χ4v) is 3.44. The number of hydrogen-bond donors (Lipinski definition) is 6. The van der Waals surface area contributed by atoms with E-state index in [0.717, 1.165) is 0 Å². The van der Waals surface area contributed by atoms with E-state index in [1.54, 1.807) is 14.2 Å². The highest BCUT2D eigenvalue weighted by Crippen LogP contribution is 2.31. The summed E-state index contributed by atoms with van der Waals surface area (Å²) in [4.78, 5) is 25.5. The molecule has 0 saturated carbocycles. The fourth-order valence-electron chi connectivity index (χ4n) is 3.44. The zero-order valence-corrected chi connectivity index (χ0v) is 21.5. The van der Waals surface area contributed by atoms with Crippen LogP contribution in [0.3, 0.4) is 0 Å². The summed E-state index contributed by atoms with van der Waals surface area (Å²) in [6.45, 7) is 2.36. The molecule has 0 aliphatic carbocycles. The van der Waals surface area contributed by atoms with E-state index in [-0.39, 0.29) is 24.6 Å².